The van der Waals surface area contributed by atoms with Crippen LogP contribution in [0.5, 0.6) is 0 Å². The quantitative estimate of drug-likeness (QED) is 0.758. The summed E-state index contributed by atoms with van der Waals surface area (Å²) in [5, 5.41) is 2.68. The Hall–Kier alpha value is -3.08. The Labute approximate surface area is 134 Å². The van der Waals surface area contributed by atoms with Gasteiger partial charge in [-0.15, -0.1) is 0 Å². The number of nitrogens with one attached hydrogen (secondary N) is 2. The Morgan fingerprint density at radius 1 is 1.26 bits per heavy atom. The van der Waals surface area contributed by atoms with E-state index >= 15 is 0 Å². The first-order valence-corrected chi connectivity index (χ1v) is 7.35. The summed E-state index contributed by atoms with van der Waals surface area (Å²) in [5.74, 6) is 0. The first kappa shape index (κ1) is 14.8. The number of ether oxygens (including phenoxy) is 1. The highest BCUT2D eigenvalue weighted by Crippen LogP contribution is 2.11. The molecule has 5 nitrogen and oxygen atoms in total. The number of benzene rings is 1. The highest BCUT2D eigenvalue weighted by molar-refractivity contribution is 5.77. The Kier molecular flexibility index (Phi) is 4.69. The Morgan fingerprint density at radius 2 is 2.13 bits per heavy atom. The van der Waals surface area contributed by atoms with Crippen LogP contribution < -0.4 is 5.32 Å². The number of aromatic amines is 1. The van der Waals surface area contributed by atoms with Crippen LogP contribution in [0.15, 0.2) is 60.9 Å². The van der Waals surface area contributed by atoms with Gasteiger partial charge in [-0.25, -0.2) is 4.79 Å². The van der Waals surface area contributed by atoms with E-state index in [1.165, 1.54) is 0 Å². The monoisotopic (exact) mass is 307 g/mol. The van der Waals surface area contributed by atoms with Crippen LogP contribution >= 0.6 is 0 Å². The third-order valence-electron chi connectivity index (χ3n) is 3.31. The first-order valence-electron chi connectivity index (χ1n) is 7.35. The number of alkyl carbamates (subject to hydrolysis) is 1. The van der Waals surface area contributed by atoms with E-state index in [9.17, 15) is 4.79 Å². The third kappa shape index (κ3) is 4.20. The summed E-state index contributed by atoms with van der Waals surface area (Å²) in [6, 6.07) is 13.5. The molecule has 0 spiro atoms. The fraction of sp³-hybridized carbons (Fsp3) is 0.111. The molecule has 116 valence electrons. The smallest absolute Gasteiger partial charge is 0.407 e. The Bertz CT molecular complexity index is 809. The first-order chi connectivity index (χ1) is 11.3. The van der Waals surface area contributed by atoms with Gasteiger partial charge in [-0.3, -0.25) is 4.98 Å². The highest BCUT2D eigenvalue weighted by Gasteiger charge is 2.00. The minimum absolute atomic E-state index is 0.268. The lowest BCUT2D eigenvalue weighted by Crippen LogP contribution is -2.24. The van der Waals surface area contributed by atoms with Gasteiger partial charge in [0.25, 0.3) is 0 Å². The normalized spacial score (nSPS) is 11.0. The lowest BCUT2D eigenvalue weighted by molar-refractivity contribution is 0.141. The van der Waals surface area contributed by atoms with E-state index in [2.05, 4.69) is 15.3 Å². The number of nitrogens with zero attached hydrogens (tertiary/aromatic N) is 1. The molecular formula is C18H17N3O2. The van der Waals surface area contributed by atoms with Crippen molar-refractivity contribution in [1.29, 1.82) is 0 Å². The van der Waals surface area contributed by atoms with Gasteiger partial charge in [0.05, 0.1) is 11.0 Å². The molecular weight excluding hydrogens is 290 g/mol. The summed E-state index contributed by atoms with van der Waals surface area (Å²) < 4.78 is 5.13. The van der Waals surface area contributed by atoms with E-state index in [4.69, 9.17) is 4.74 Å². The standard InChI is InChI=1S/C18H17N3O2/c22-18(23-13-14-5-2-1-3-6-14)20-9-4-7-15-11-17-16(21-12-15)8-10-19-17/h1-8,10-12,19H,9,13H2,(H,20,22). The summed E-state index contributed by atoms with van der Waals surface area (Å²) >= 11 is 0. The molecule has 0 atom stereocenters. The Balaban J connectivity index is 1.44. The number of hydrogen-bond donors (Lipinski definition) is 2. The molecule has 23 heavy (non-hydrogen) atoms. The number of rotatable bonds is 5. The number of H-pyrrole nitrogens is 1. The molecule has 0 aliphatic heterocycles. The van der Waals surface area contributed by atoms with Gasteiger partial charge in [-0.2, -0.15) is 0 Å². The molecule has 2 heterocycles. The third-order valence-corrected chi connectivity index (χ3v) is 3.31. The van der Waals surface area contributed by atoms with Gasteiger partial charge in [-0.05, 0) is 23.3 Å². The van der Waals surface area contributed by atoms with Crippen LogP contribution in [-0.2, 0) is 11.3 Å². The molecule has 1 amide bonds. The maximum absolute atomic E-state index is 11.6. The number of pyridine rings is 1. The topological polar surface area (TPSA) is 67.0 Å². The van der Waals surface area contributed by atoms with E-state index in [-0.39, 0.29) is 6.61 Å². The molecule has 1 aromatic carbocycles. The minimum atomic E-state index is -0.434. The second kappa shape index (κ2) is 7.26. The molecule has 0 unspecified atom stereocenters. The van der Waals surface area contributed by atoms with Crippen molar-refractivity contribution in [2.24, 2.45) is 0 Å². The second-order valence-electron chi connectivity index (χ2n) is 5.02. The minimum Gasteiger partial charge on any atom is -0.445 e. The summed E-state index contributed by atoms with van der Waals surface area (Å²) in [4.78, 5) is 19.0. The van der Waals surface area contributed by atoms with Gasteiger partial charge in [0.15, 0.2) is 0 Å². The van der Waals surface area contributed by atoms with E-state index in [0.29, 0.717) is 6.54 Å². The van der Waals surface area contributed by atoms with Crippen molar-refractivity contribution >= 4 is 23.2 Å². The summed E-state index contributed by atoms with van der Waals surface area (Å²) in [6.45, 7) is 0.667. The predicted octanol–water partition coefficient (Wildman–Crippen LogP) is 3.50. The molecule has 0 saturated heterocycles. The van der Waals surface area contributed by atoms with E-state index in [1.54, 1.807) is 6.20 Å². The van der Waals surface area contributed by atoms with Gasteiger partial charge in [0.1, 0.15) is 6.61 Å². The van der Waals surface area contributed by atoms with E-state index in [0.717, 1.165) is 22.2 Å². The summed E-state index contributed by atoms with van der Waals surface area (Å²) in [6.07, 6.45) is 6.98. The van der Waals surface area contributed by atoms with Gasteiger partial charge >= 0.3 is 6.09 Å². The summed E-state index contributed by atoms with van der Waals surface area (Å²) in [7, 11) is 0. The number of carbonyl (C=O) groups excluding carboxylic acids is 1. The second-order valence-corrected chi connectivity index (χ2v) is 5.02. The van der Waals surface area contributed by atoms with Crippen molar-refractivity contribution < 1.29 is 9.53 Å². The zero-order chi connectivity index (χ0) is 15.9. The van der Waals surface area contributed by atoms with Crippen molar-refractivity contribution in [3.63, 3.8) is 0 Å². The molecule has 0 aliphatic rings. The van der Waals surface area contributed by atoms with Gasteiger partial charge < -0.3 is 15.0 Å². The van der Waals surface area contributed by atoms with Gasteiger partial charge in [0, 0.05) is 18.9 Å². The van der Waals surface area contributed by atoms with E-state index < -0.39 is 6.09 Å². The van der Waals surface area contributed by atoms with Crippen molar-refractivity contribution in [1.82, 2.24) is 15.3 Å². The number of hydrogen-bond acceptors (Lipinski definition) is 3. The molecule has 3 aromatic rings. The number of fused-ring (bicyclic) bond motifs is 1. The zero-order valence-corrected chi connectivity index (χ0v) is 12.5. The molecule has 5 heteroatoms. The van der Waals surface area contributed by atoms with Crippen molar-refractivity contribution in [3.8, 4) is 0 Å². The number of carbonyl (C=O) groups is 1. The van der Waals surface area contributed by atoms with Crippen molar-refractivity contribution in [2.45, 2.75) is 6.61 Å². The van der Waals surface area contributed by atoms with Crippen molar-refractivity contribution in [3.05, 3.63) is 72.1 Å². The van der Waals surface area contributed by atoms with Gasteiger partial charge in [-0.1, -0.05) is 42.5 Å². The molecule has 0 aliphatic carbocycles. The SMILES string of the molecule is O=C(NCC=Cc1cnc2cc[nH]c2c1)OCc1ccccc1. The highest BCUT2D eigenvalue weighted by atomic mass is 16.5. The number of aromatic nitrogens is 2. The van der Waals surface area contributed by atoms with Crippen LogP contribution in [0.4, 0.5) is 4.79 Å². The van der Waals surface area contributed by atoms with Crippen LogP contribution in [-0.4, -0.2) is 22.6 Å². The largest absolute Gasteiger partial charge is 0.445 e. The van der Waals surface area contributed by atoms with E-state index in [1.807, 2.05) is 60.8 Å². The maximum atomic E-state index is 11.6. The Morgan fingerprint density at radius 3 is 3.00 bits per heavy atom. The van der Waals surface area contributed by atoms with Crippen LogP contribution in [0.3, 0.4) is 0 Å². The van der Waals surface area contributed by atoms with Crippen molar-refractivity contribution in [2.75, 3.05) is 6.54 Å². The fourth-order valence-corrected chi connectivity index (χ4v) is 2.15. The van der Waals surface area contributed by atoms with Gasteiger partial charge in [0.2, 0.25) is 0 Å². The zero-order valence-electron chi connectivity index (χ0n) is 12.5. The van der Waals surface area contributed by atoms with Crippen LogP contribution in [0.1, 0.15) is 11.1 Å². The molecule has 3 rings (SSSR count). The molecule has 0 saturated carbocycles. The maximum Gasteiger partial charge on any atom is 0.407 e. The molecule has 0 fully saturated rings. The molecule has 2 N–H and O–H groups in total. The molecule has 0 radical (unpaired) electrons. The average Bonchev–Trinajstić information content (AvgIpc) is 3.05. The lowest BCUT2D eigenvalue weighted by Gasteiger charge is -2.05. The molecule has 0 bridgehead atoms. The molecule has 2 aromatic heterocycles. The average molecular weight is 307 g/mol. The number of amides is 1. The van der Waals surface area contributed by atoms with Crippen LogP contribution in [0.2, 0.25) is 0 Å². The van der Waals surface area contributed by atoms with Crippen LogP contribution in [0, 0.1) is 0 Å². The predicted molar refractivity (Wildman–Crippen MR) is 89.8 cm³/mol. The lowest BCUT2D eigenvalue weighted by atomic mass is 10.2. The fourth-order valence-electron chi connectivity index (χ4n) is 2.15. The summed E-state index contributed by atoms with van der Waals surface area (Å²) in [5.41, 5.74) is 3.86. The van der Waals surface area contributed by atoms with Crippen LogP contribution in [0.25, 0.3) is 17.1 Å².